The smallest absolute Gasteiger partial charge is 0.127 e. The number of nitrogens with zero attached hydrogens (tertiary/aromatic N) is 1. The molecule has 14 heavy (non-hydrogen) atoms. The van der Waals surface area contributed by atoms with Crippen LogP contribution in [0.4, 0.5) is 10.1 Å². The van der Waals surface area contributed by atoms with Gasteiger partial charge < -0.3 is 5.73 Å². The van der Waals surface area contributed by atoms with Crippen molar-refractivity contribution in [1.29, 1.82) is 0 Å². The molecule has 0 aliphatic carbocycles. The van der Waals surface area contributed by atoms with Gasteiger partial charge in [-0.3, -0.25) is 4.90 Å². The van der Waals surface area contributed by atoms with Gasteiger partial charge in [0.15, 0.2) is 0 Å². The molecule has 1 aliphatic rings. The third kappa shape index (κ3) is 2.04. The molecule has 1 aromatic rings. The third-order valence-electron chi connectivity index (χ3n) is 2.66. The van der Waals surface area contributed by atoms with Crippen LogP contribution in [-0.2, 0) is 6.54 Å². The van der Waals surface area contributed by atoms with Crippen LogP contribution in [0, 0.1) is 5.82 Å². The van der Waals surface area contributed by atoms with E-state index < -0.39 is 0 Å². The number of nitrogens with two attached hydrogens (primary N) is 1. The lowest BCUT2D eigenvalue weighted by atomic mass is 10.2. The van der Waals surface area contributed by atoms with Gasteiger partial charge >= 0.3 is 0 Å². The summed E-state index contributed by atoms with van der Waals surface area (Å²) in [6.07, 6.45) is 2.45. The van der Waals surface area contributed by atoms with E-state index in [1.807, 2.05) is 0 Å². The van der Waals surface area contributed by atoms with Crippen LogP contribution < -0.4 is 5.73 Å². The monoisotopic (exact) mass is 194 g/mol. The first-order valence-corrected chi connectivity index (χ1v) is 5.02. The summed E-state index contributed by atoms with van der Waals surface area (Å²) in [5.41, 5.74) is 6.97. The highest BCUT2D eigenvalue weighted by Gasteiger charge is 2.13. The normalized spacial score (nSPS) is 17.5. The minimum absolute atomic E-state index is 0.147. The molecule has 0 atom stereocenters. The molecule has 0 aromatic heterocycles. The quantitative estimate of drug-likeness (QED) is 0.730. The number of halogens is 1. The number of hydrogen-bond acceptors (Lipinski definition) is 2. The van der Waals surface area contributed by atoms with Crippen molar-refractivity contribution >= 4 is 5.69 Å². The lowest BCUT2D eigenvalue weighted by molar-refractivity contribution is 0.325. The predicted octanol–water partition coefficient (Wildman–Crippen LogP) is 2.00. The Morgan fingerprint density at radius 2 is 2.00 bits per heavy atom. The lowest BCUT2D eigenvalue weighted by Crippen LogP contribution is -2.19. The first-order chi connectivity index (χ1) is 6.75. The van der Waals surface area contributed by atoms with Gasteiger partial charge in [0.1, 0.15) is 5.82 Å². The molecule has 76 valence electrons. The van der Waals surface area contributed by atoms with Crippen molar-refractivity contribution in [2.45, 2.75) is 19.4 Å². The maximum absolute atomic E-state index is 13.3. The van der Waals surface area contributed by atoms with Gasteiger partial charge in [0.2, 0.25) is 0 Å². The summed E-state index contributed by atoms with van der Waals surface area (Å²) in [4.78, 5) is 2.26. The molecule has 1 aliphatic heterocycles. The van der Waals surface area contributed by atoms with Crippen molar-refractivity contribution in [2.24, 2.45) is 0 Å². The number of nitrogen functional groups attached to an aromatic ring is 1. The average molecular weight is 194 g/mol. The topological polar surface area (TPSA) is 29.3 Å². The molecule has 0 bridgehead atoms. The molecule has 2 rings (SSSR count). The van der Waals surface area contributed by atoms with Gasteiger partial charge in [-0.1, -0.05) is 0 Å². The summed E-state index contributed by atoms with van der Waals surface area (Å²) >= 11 is 0. The standard InChI is InChI=1S/C11H15FN2/c12-11-4-3-10(13)7-9(11)8-14-5-1-2-6-14/h3-4,7H,1-2,5-6,8,13H2. The van der Waals surface area contributed by atoms with Crippen molar-refractivity contribution < 1.29 is 4.39 Å². The summed E-state index contributed by atoms with van der Waals surface area (Å²) in [5, 5.41) is 0. The van der Waals surface area contributed by atoms with Crippen LogP contribution in [0.15, 0.2) is 18.2 Å². The van der Waals surface area contributed by atoms with Crippen molar-refractivity contribution in [2.75, 3.05) is 18.8 Å². The average Bonchev–Trinajstić information content (AvgIpc) is 2.64. The third-order valence-corrected chi connectivity index (χ3v) is 2.66. The van der Waals surface area contributed by atoms with E-state index in [2.05, 4.69) is 4.90 Å². The number of benzene rings is 1. The van der Waals surface area contributed by atoms with Crippen LogP contribution in [0.5, 0.6) is 0 Å². The van der Waals surface area contributed by atoms with Crippen molar-refractivity contribution in [3.63, 3.8) is 0 Å². The molecule has 0 radical (unpaired) electrons. The number of hydrogen-bond donors (Lipinski definition) is 1. The minimum Gasteiger partial charge on any atom is -0.399 e. The van der Waals surface area contributed by atoms with Gasteiger partial charge in [-0.15, -0.1) is 0 Å². The van der Waals surface area contributed by atoms with Crippen LogP contribution in [0.25, 0.3) is 0 Å². The van der Waals surface area contributed by atoms with Crippen LogP contribution in [-0.4, -0.2) is 18.0 Å². The number of anilines is 1. The Morgan fingerprint density at radius 3 is 2.71 bits per heavy atom. The van der Waals surface area contributed by atoms with E-state index in [0.29, 0.717) is 17.8 Å². The van der Waals surface area contributed by atoms with Gasteiger partial charge in [0.05, 0.1) is 0 Å². The fourth-order valence-electron chi connectivity index (χ4n) is 1.90. The first kappa shape index (κ1) is 9.46. The van der Waals surface area contributed by atoms with Gasteiger partial charge in [-0.2, -0.15) is 0 Å². The van der Waals surface area contributed by atoms with Crippen molar-refractivity contribution in [1.82, 2.24) is 4.90 Å². The fourth-order valence-corrected chi connectivity index (χ4v) is 1.90. The largest absolute Gasteiger partial charge is 0.399 e. The fraction of sp³-hybridized carbons (Fsp3) is 0.455. The van der Waals surface area contributed by atoms with Gasteiger partial charge in [0, 0.05) is 17.8 Å². The molecule has 3 heteroatoms. The van der Waals surface area contributed by atoms with Crippen LogP contribution in [0.1, 0.15) is 18.4 Å². The molecule has 1 saturated heterocycles. The van der Waals surface area contributed by atoms with E-state index in [-0.39, 0.29) is 5.82 Å². The molecule has 1 aromatic carbocycles. The highest BCUT2D eigenvalue weighted by molar-refractivity contribution is 5.41. The van der Waals surface area contributed by atoms with E-state index in [1.165, 1.54) is 18.9 Å². The Kier molecular flexibility index (Phi) is 2.68. The molecule has 0 saturated carbocycles. The number of likely N-dealkylation sites (tertiary alicyclic amines) is 1. The van der Waals surface area contributed by atoms with E-state index in [0.717, 1.165) is 13.1 Å². The van der Waals surface area contributed by atoms with Crippen molar-refractivity contribution in [3.8, 4) is 0 Å². The van der Waals surface area contributed by atoms with Crippen LogP contribution in [0.2, 0.25) is 0 Å². The van der Waals surface area contributed by atoms with Crippen molar-refractivity contribution in [3.05, 3.63) is 29.6 Å². The molecule has 0 spiro atoms. The maximum atomic E-state index is 13.3. The zero-order chi connectivity index (χ0) is 9.97. The number of rotatable bonds is 2. The lowest BCUT2D eigenvalue weighted by Gasteiger charge is -2.15. The summed E-state index contributed by atoms with van der Waals surface area (Å²) in [6, 6.07) is 4.78. The summed E-state index contributed by atoms with van der Waals surface area (Å²) in [6.45, 7) is 2.85. The summed E-state index contributed by atoms with van der Waals surface area (Å²) < 4.78 is 13.3. The maximum Gasteiger partial charge on any atom is 0.127 e. The second kappa shape index (κ2) is 3.96. The Bertz CT molecular complexity index is 319. The predicted molar refractivity (Wildman–Crippen MR) is 55.3 cm³/mol. The van der Waals surface area contributed by atoms with E-state index in [4.69, 9.17) is 5.73 Å². The van der Waals surface area contributed by atoms with E-state index >= 15 is 0 Å². The Balaban J connectivity index is 2.10. The highest BCUT2D eigenvalue weighted by Crippen LogP contribution is 2.17. The second-order valence-electron chi connectivity index (χ2n) is 3.83. The zero-order valence-corrected chi connectivity index (χ0v) is 8.17. The summed E-state index contributed by atoms with van der Waals surface area (Å²) in [7, 11) is 0. The summed E-state index contributed by atoms with van der Waals surface area (Å²) in [5.74, 6) is -0.147. The molecular formula is C11H15FN2. The zero-order valence-electron chi connectivity index (χ0n) is 8.17. The van der Waals surface area contributed by atoms with Crippen LogP contribution >= 0.6 is 0 Å². The Hall–Kier alpha value is -1.09. The van der Waals surface area contributed by atoms with E-state index in [9.17, 15) is 4.39 Å². The second-order valence-corrected chi connectivity index (χ2v) is 3.83. The minimum atomic E-state index is -0.147. The highest BCUT2D eigenvalue weighted by atomic mass is 19.1. The molecule has 2 nitrogen and oxygen atoms in total. The van der Waals surface area contributed by atoms with E-state index in [1.54, 1.807) is 12.1 Å². The van der Waals surface area contributed by atoms with Gasteiger partial charge in [-0.05, 0) is 44.1 Å². The molecular weight excluding hydrogens is 179 g/mol. The SMILES string of the molecule is Nc1ccc(F)c(CN2CCCC2)c1. The molecule has 2 N–H and O–H groups in total. The molecule has 1 fully saturated rings. The van der Waals surface area contributed by atoms with Gasteiger partial charge in [-0.25, -0.2) is 4.39 Å². The van der Waals surface area contributed by atoms with Crippen LogP contribution in [0.3, 0.4) is 0 Å². The molecule has 0 amide bonds. The first-order valence-electron chi connectivity index (χ1n) is 5.02. The Labute approximate surface area is 83.5 Å². The Morgan fingerprint density at radius 1 is 1.29 bits per heavy atom. The molecule has 1 heterocycles. The van der Waals surface area contributed by atoms with Gasteiger partial charge in [0.25, 0.3) is 0 Å². The molecule has 0 unspecified atom stereocenters.